The number of alkyl halides is 3. The number of esters is 1. The molecule has 1 unspecified atom stereocenters. The van der Waals surface area contributed by atoms with E-state index in [0.717, 1.165) is 37.9 Å². The van der Waals surface area contributed by atoms with Crippen molar-refractivity contribution in [3.05, 3.63) is 29.3 Å². The second-order valence-corrected chi connectivity index (χ2v) is 10.4. The van der Waals surface area contributed by atoms with Crippen molar-refractivity contribution in [1.29, 1.82) is 0 Å². The van der Waals surface area contributed by atoms with Gasteiger partial charge in [0.2, 0.25) is 5.91 Å². The summed E-state index contributed by atoms with van der Waals surface area (Å²) in [5, 5.41) is 0. The number of carbonyl (C=O) groups excluding carboxylic acids is 2. The van der Waals surface area contributed by atoms with E-state index in [9.17, 15) is 22.8 Å². The Balaban J connectivity index is 1.48. The molecule has 1 amide bonds. The molecule has 1 saturated heterocycles. The second kappa shape index (κ2) is 9.99. The lowest BCUT2D eigenvalue weighted by Gasteiger charge is -2.41. The minimum atomic E-state index is -4.45. The van der Waals surface area contributed by atoms with Crippen LogP contribution >= 0.6 is 0 Å². The second-order valence-electron chi connectivity index (χ2n) is 10.4. The number of benzene rings is 1. The van der Waals surface area contributed by atoms with Crippen LogP contribution in [0.25, 0.3) is 0 Å². The highest BCUT2D eigenvalue weighted by molar-refractivity contribution is 5.83. The Morgan fingerprint density at radius 1 is 1.26 bits per heavy atom. The van der Waals surface area contributed by atoms with E-state index >= 15 is 0 Å². The molecule has 2 fully saturated rings. The van der Waals surface area contributed by atoms with Gasteiger partial charge in [-0.1, -0.05) is 13.8 Å². The number of rotatable bonds is 5. The molecule has 3 atom stereocenters. The van der Waals surface area contributed by atoms with Crippen LogP contribution in [0.3, 0.4) is 0 Å². The molecule has 2 aliphatic heterocycles. The summed E-state index contributed by atoms with van der Waals surface area (Å²) in [6.07, 6.45) is -0.481. The van der Waals surface area contributed by atoms with Crippen molar-refractivity contribution >= 4 is 11.9 Å². The van der Waals surface area contributed by atoms with Gasteiger partial charge in [0.05, 0.1) is 30.0 Å². The zero-order valence-electron chi connectivity index (χ0n) is 20.7. The first-order chi connectivity index (χ1) is 16.5. The first kappa shape index (κ1) is 25.8. The van der Waals surface area contributed by atoms with E-state index in [1.54, 1.807) is 4.90 Å². The highest BCUT2D eigenvalue weighted by Crippen LogP contribution is 2.48. The summed E-state index contributed by atoms with van der Waals surface area (Å²) in [6, 6.07) is 3.61. The van der Waals surface area contributed by atoms with E-state index in [0.29, 0.717) is 37.3 Å². The van der Waals surface area contributed by atoms with Crippen LogP contribution in [0.5, 0.6) is 5.75 Å². The van der Waals surface area contributed by atoms with E-state index in [1.807, 2.05) is 20.8 Å². The molecule has 1 saturated carbocycles. The molecule has 0 bridgehead atoms. The Labute approximate surface area is 204 Å². The van der Waals surface area contributed by atoms with Gasteiger partial charge in [-0.25, -0.2) is 0 Å². The van der Waals surface area contributed by atoms with Crippen molar-refractivity contribution < 1.29 is 32.2 Å². The van der Waals surface area contributed by atoms with Crippen LogP contribution < -0.4 is 4.74 Å². The van der Waals surface area contributed by atoms with Gasteiger partial charge in [0, 0.05) is 18.2 Å². The molecule has 1 aromatic carbocycles. The zero-order chi connectivity index (χ0) is 25.4. The normalized spacial score (nSPS) is 27.5. The number of likely N-dealkylation sites (tertiary alicyclic amines) is 1. The molecule has 194 valence electrons. The van der Waals surface area contributed by atoms with E-state index < -0.39 is 17.2 Å². The van der Waals surface area contributed by atoms with Crippen LogP contribution in [0.15, 0.2) is 18.2 Å². The summed E-state index contributed by atoms with van der Waals surface area (Å²) >= 11 is 0. The largest absolute Gasteiger partial charge is 0.473 e. The van der Waals surface area contributed by atoms with Gasteiger partial charge in [-0.2, -0.15) is 13.2 Å². The van der Waals surface area contributed by atoms with Crippen molar-refractivity contribution in [2.45, 2.75) is 71.6 Å². The van der Waals surface area contributed by atoms with Crippen molar-refractivity contribution in [1.82, 2.24) is 9.80 Å². The molecule has 0 aromatic heterocycles. The summed E-state index contributed by atoms with van der Waals surface area (Å²) in [6.45, 7) is 7.93. The number of hydrogen-bond acceptors (Lipinski definition) is 5. The van der Waals surface area contributed by atoms with Gasteiger partial charge in [0.25, 0.3) is 0 Å². The lowest BCUT2D eigenvalue weighted by atomic mass is 9.74. The van der Waals surface area contributed by atoms with Gasteiger partial charge in [0.1, 0.15) is 5.75 Å². The monoisotopic (exact) mass is 496 g/mol. The third-order valence-electron chi connectivity index (χ3n) is 8.06. The average Bonchev–Trinajstić information content (AvgIpc) is 3.29. The first-order valence-electron chi connectivity index (χ1n) is 12.6. The quantitative estimate of drug-likeness (QED) is 0.546. The number of fused-ring (bicyclic) bond motifs is 1. The number of hydrogen-bond donors (Lipinski definition) is 0. The van der Waals surface area contributed by atoms with Crippen molar-refractivity contribution in [2.75, 3.05) is 26.4 Å². The number of piperidine rings is 1. The SMILES string of the molecule is CCOC(=O)C1CCCN([C@@H]2CC[C@@](C(=O)N3COc4ccc(C(F)(F)F)cc4C3)(C(C)C)C2)C1. The van der Waals surface area contributed by atoms with E-state index in [4.69, 9.17) is 9.47 Å². The molecule has 0 spiro atoms. The molecular weight excluding hydrogens is 461 g/mol. The maximum absolute atomic E-state index is 13.9. The summed E-state index contributed by atoms with van der Waals surface area (Å²) in [5.74, 6) is 0.112. The fraction of sp³-hybridized carbons (Fsp3) is 0.692. The van der Waals surface area contributed by atoms with Gasteiger partial charge in [-0.3, -0.25) is 14.5 Å². The van der Waals surface area contributed by atoms with Crippen molar-refractivity contribution in [2.24, 2.45) is 17.3 Å². The third-order valence-corrected chi connectivity index (χ3v) is 8.06. The lowest BCUT2D eigenvalue weighted by molar-refractivity contribution is -0.152. The molecule has 6 nitrogen and oxygen atoms in total. The summed E-state index contributed by atoms with van der Waals surface area (Å²) in [4.78, 5) is 30.1. The Bertz CT molecular complexity index is 951. The Morgan fingerprint density at radius 3 is 2.71 bits per heavy atom. The molecular formula is C26H35F3N2O4. The minimum Gasteiger partial charge on any atom is -0.473 e. The smallest absolute Gasteiger partial charge is 0.416 e. The van der Waals surface area contributed by atoms with Gasteiger partial charge in [-0.05, 0) is 69.7 Å². The van der Waals surface area contributed by atoms with Gasteiger partial charge >= 0.3 is 12.1 Å². The molecule has 35 heavy (non-hydrogen) atoms. The molecule has 1 aliphatic carbocycles. The third kappa shape index (κ3) is 5.15. The molecule has 0 N–H and O–H groups in total. The summed E-state index contributed by atoms with van der Waals surface area (Å²) in [7, 11) is 0. The van der Waals surface area contributed by atoms with Gasteiger partial charge in [-0.15, -0.1) is 0 Å². The van der Waals surface area contributed by atoms with Crippen molar-refractivity contribution in [3.63, 3.8) is 0 Å². The standard InChI is InChI=1S/C26H35F3N2O4/c1-4-34-23(32)18-6-5-11-30(14-18)21-9-10-25(13-21,17(2)3)24(33)31-15-19-12-20(26(27,28)29)7-8-22(19)35-16-31/h7-8,12,17-18,21H,4-6,9-11,13-16H2,1-3H3/t18?,21-,25+/m1/s1. The number of halogens is 3. The minimum absolute atomic E-state index is 0.0327. The number of nitrogens with zero attached hydrogens (tertiary/aromatic N) is 2. The first-order valence-corrected chi connectivity index (χ1v) is 12.6. The predicted molar refractivity (Wildman–Crippen MR) is 123 cm³/mol. The van der Waals surface area contributed by atoms with E-state index in [2.05, 4.69) is 4.90 Å². The van der Waals surface area contributed by atoms with Crippen LogP contribution in [0.1, 0.15) is 64.0 Å². The Hall–Kier alpha value is -2.29. The highest BCUT2D eigenvalue weighted by atomic mass is 19.4. The van der Waals surface area contributed by atoms with Crippen LogP contribution in [0.2, 0.25) is 0 Å². The van der Waals surface area contributed by atoms with Crippen LogP contribution in [-0.4, -0.2) is 54.1 Å². The number of ether oxygens (including phenoxy) is 2. The molecule has 1 aromatic rings. The molecule has 2 heterocycles. The van der Waals surface area contributed by atoms with Crippen LogP contribution in [0, 0.1) is 17.3 Å². The number of carbonyl (C=O) groups is 2. The molecule has 0 radical (unpaired) electrons. The Kier molecular flexibility index (Phi) is 7.36. The maximum Gasteiger partial charge on any atom is 0.416 e. The summed E-state index contributed by atoms with van der Waals surface area (Å²) < 4.78 is 50.6. The summed E-state index contributed by atoms with van der Waals surface area (Å²) in [5.41, 5.74) is -0.972. The zero-order valence-corrected chi connectivity index (χ0v) is 20.7. The van der Waals surface area contributed by atoms with E-state index in [1.165, 1.54) is 6.07 Å². The van der Waals surface area contributed by atoms with Crippen LogP contribution in [-0.2, 0) is 27.0 Å². The van der Waals surface area contributed by atoms with E-state index in [-0.39, 0.29) is 43.0 Å². The molecule has 3 aliphatic rings. The maximum atomic E-state index is 13.9. The molecule has 9 heteroatoms. The number of amides is 1. The van der Waals surface area contributed by atoms with Gasteiger partial charge < -0.3 is 14.4 Å². The Morgan fingerprint density at radius 2 is 2.03 bits per heavy atom. The lowest BCUT2D eigenvalue weighted by Crippen LogP contribution is -2.49. The predicted octanol–water partition coefficient (Wildman–Crippen LogP) is 4.85. The highest BCUT2D eigenvalue weighted by Gasteiger charge is 2.51. The fourth-order valence-electron chi connectivity index (χ4n) is 5.98. The van der Waals surface area contributed by atoms with Crippen molar-refractivity contribution in [3.8, 4) is 5.75 Å². The van der Waals surface area contributed by atoms with Crippen LogP contribution in [0.4, 0.5) is 13.2 Å². The molecule has 4 rings (SSSR count). The average molecular weight is 497 g/mol. The topological polar surface area (TPSA) is 59.1 Å². The van der Waals surface area contributed by atoms with Gasteiger partial charge in [0.15, 0.2) is 6.73 Å². The fourth-order valence-corrected chi connectivity index (χ4v) is 5.98.